The number of nitrogens with one attached hydrogen (secondary N) is 1. The molecule has 1 aromatic heterocycles. The summed E-state index contributed by atoms with van der Waals surface area (Å²) in [6, 6.07) is 9.18. The van der Waals surface area contributed by atoms with Gasteiger partial charge in [0.25, 0.3) is 0 Å². The van der Waals surface area contributed by atoms with Gasteiger partial charge in [-0.25, -0.2) is 0 Å². The standard InChI is InChI=1S/C19H26N2/c1-13(2)16-8-7-14(3)11-19(16)21-18-6-4-5-15-12-20-10-9-17(15)18/h4-6,9-10,12-14,16,19,21H,7-8,11H2,1-3H3. The Bertz CT molecular complexity index is 600. The number of rotatable bonds is 3. The van der Waals surface area contributed by atoms with E-state index in [0.717, 1.165) is 17.8 Å². The maximum Gasteiger partial charge on any atom is 0.0423 e. The Balaban J connectivity index is 1.89. The molecule has 1 heterocycles. The summed E-state index contributed by atoms with van der Waals surface area (Å²) in [7, 11) is 0. The molecule has 3 unspecified atom stereocenters. The molecule has 2 heteroatoms. The van der Waals surface area contributed by atoms with Crippen molar-refractivity contribution in [1.82, 2.24) is 4.98 Å². The third-order valence-corrected chi connectivity index (χ3v) is 5.04. The molecule has 21 heavy (non-hydrogen) atoms. The molecule has 0 aliphatic heterocycles. The molecule has 1 aliphatic carbocycles. The molecule has 0 amide bonds. The van der Waals surface area contributed by atoms with E-state index in [1.54, 1.807) is 0 Å². The van der Waals surface area contributed by atoms with E-state index in [4.69, 9.17) is 0 Å². The van der Waals surface area contributed by atoms with Gasteiger partial charge in [-0.2, -0.15) is 0 Å². The number of nitrogens with zero attached hydrogens (tertiary/aromatic N) is 1. The van der Waals surface area contributed by atoms with Crippen molar-refractivity contribution in [3.8, 4) is 0 Å². The highest BCUT2D eigenvalue weighted by molar-refractivity contribution is 5.93. The fraction of sp³-hybridized carbons (Fsp3) is 0.526. The first kappa shape index (κ1) is 14.4. The Labute approximate surface area is 128 Å². The Hall–Kier alpha value is -1.57. The number of anilines is 1. The van der Waals surface area contributed by atoms with Gasteiger partial charge in [-0.3, -0.25) is 4.98 Å². The van der Waals surface area contributed by atoms with E-state index in [2.05, 4.69) is 55.3 Å². The van der Waals surface area contributed by atoms with Crippen LogP contribution < -0.4 is 5.32 Å². The van der Waals surface area contributed by atoms with Crippen LogP contribution >= 0.6 is 0 Å². The Morgan fingerprint density at radius 1 is 1.19 bits per heavy atom. The molecule has 1 fully saturated rings. The summed E-state index contributed by atoms with van der Waals surface area (Å²) in [5, 5.41) is 6.36. The van der Waals surface area contributed by atoms with Gasteiger partial charge in [-0.1, -0.05) is 39.3 Å². The Kier molecular flexibility index (Phi) is 4.14. The van der Waals surface area contributed by atoms with Crippen molar-refractivity contribution in [1.29, 1.82) is 0 Å². The molecular formula is C19H26N2. The van der Waals surface area contributed by atoms with Gasteiger partial charge in [-0.05, 0) is 42.7 Å². The number of benzene rings is 1. The molecule has 0 bridgehead atoms. The lowest BCUT2D eigenvalue weighted by Gasteiger charge is -2.38. The monoisotopic (exact) mass is 282 g/mol. The highest BCUT2D eigenvalue weighted by Crippen LogP contribution is 2.36. The largest absolute Gasteiger partial charge is 0.382 e. The number of hydrogen-bond acceptors (Lipinski definition) is 2. The van der Waals surface area contributed by atoms with Crippen molar-refractivity contribution in [3.63, 3.8) is 0 Å². The smallest absolute Gasteiger partial charge is 0.0423 e. The molecule has 1 saturated carbocycles. The minimum atomic E-state index is 0.590. The highest BCUT2D eigenvalue weighted by atomic mass is 14.9. The zero-order chi connectivity index (χ0) is 14.8. The number of pyridine rings is 1. The number of hydrogen-bond donors (Lipinski definition) is 1. The first-order chi connectivity index (χ1) is 10.1. The van der Waals surface area contributed by atoms with Crippen molar-refractivity contribution in [2.24, 2.45) is 17.8 Å². The second-order valence-corrected chi connectivity index (χ2v) is 6.98. The van der Waals surface area contributed by atoms with Crippen molar-refractivity contribution in [2.75, 3.05) is 5.32 Å². The summed E-state index contributed by atoms with van der Waals surface area (Å²) in [5.74, 6) is 2.35. The minimum Gasteiger partial charge on any atom is -0.382 e. The van der Waals surface area contributed by atoms with Crippen LogP contribution in [0.3, 0.4) is 0 Å². The van der Waals surface area contributed by atoms with Gasteiger partial charge in [0.1, 0.15) is 0 Å². The van der Waals surface area contributed by atoms with E-state index in [1.165, 1.54) is 35.7 Å². The average molecular weight is 282 g/mol. The van der Waals surface area contributed by atoms with Gasteiger partial charge >= 0.3 is 0 Å². The lowest BCUT2D eigenvalue weighted by Crippen LogP contribution is -2.37. The summed E-state index contributed by atoms with van der Waals surface area (Å²) in [4.78, 5) is 4.23. The van der Waals surface area contributed by atoms with Gasteiger partial charge in [0.15, 0.2) is 0 Å². The van der Waals surface area contributed by atoms with Crippen LogP contribution in [0, 0.1) is 17.8 Å². The summed E-state index contributed by atoms with van der Waals surface area (Å²) in [5.41, 5.74) is 1.26. The van der Waals surface area contributed by atoms with Crippen molar-refractivity contribution < 1.29 is 0 Å². The SMILES string of the molecule is CC1CCC(C(C)C)C(Nc2cccc3cnccc23)C1. The topological polar surface area (TPSA) is 24.9 Å². The first-order valence-corrected chi connectivity index (χ1v) is 8.24. The summed E-state index contributed by atoms with van der Waals surface area (Å²) >= 11 is 0. The third kappa shape index (κ3) is 3.04. The number of fused-ring (bicyclic) bond motifs is 1. The zero-order valence-electron chi connectivity index (χ0n) is 13.3. The molecule has 112 valence electrons. The fourth-order valence-corrected chi connectivity index (χ4v) is 3.82. The molecule has 3 atom stereocenters. The molecule has 2 nitrogen and oxygen atoms in total. The summed E-state index contributed by atoms with van der Waals surface area (Å²) < 4.78 is 0. The quantitative estimate of drug-likeness (QED) is 0.846. The lowest BCUT2D eigenvalue weighted by atomic mass is 9.74. The van der Waals surface area contributed by atoms with Crippen molar-refractivity contribution in [2.45, 2.75) is 46.1 Å². The Morgan fingerprint density at radius 2 is 2.05 bits per heavy atom. The van der Waals surface area contributed by atoms with E-state index >= 15 is 0 Å². The lowest BCUT2D eigenvalue weighted by molar-refractivity contribution is 0.212. The molecule has 0 spiro atoms. The first-order valence-electron chi connectivity index (χ1n) is 8.24. The van der Waals surface area contributed by atoms with E-state index in [1.807, 2.05) is 12.4 Å². The van der Waals surface area contributed by atoms with Crippen LogP contribution in [0.2, 0.25) is 0 Å². The minimum absolute atomic E-state index is 0.590. The van der Waals surface area contributed by atoms with Crippen LogP contribution in [0.1, 0.15) is 40.0 Å². The molecular weight excluding hydrogens is 256 g/mol. The molecule has 0 radical (unpaired) electrons. The average Bonchev–Trinajstić information content (AvgIpc) is 2.47. The Morgan fingerprint density at radius 3 is 2.86 bits per heavy atom. The maximum absolute atomic E-state index is 4.23. The summed E-state index contributed by atoms with van der Waals surface area (Å²) in [6.45, 7) is 7.11. The fourth-order valence-electron chi connectivity index (χ4n) is 3.82. The van der Waals surface area contributed by atoms with E-state index in [9.17, 15) is 0 Å². The van der Waals surface area contributed by atoms with Crippen LogP contribution in [0.25, 0.3) is 10.8 Å². The van der Waals surface area contributed by atoms with E-state index in [0.29, 0.717) is 6.04 Å². The van der Waals surface area contributed by atoms with Crippen LogP contribution in [0.4, 0.5) is 5.69 Å². The van der Waals surface area contributed by atoms with E-state index < -0.39 is 0 Å². The van der Waals surface area contributed by atoms with Gasteiger partial charge in [0, 0.05) is 34.9 Å². The van der Waals surface area contributed by atoms with Crippen LogP contribution in [0.5, 0.6) is 0 Å². The second kappa shape index (κ2) is 6.05. The van der Waals surface area contributed by atoms with E-state index in [-0.39, 0.29) is 0 Å². The molecule has 2 aromatic rings. The maximum atomic E-state index is 4.23. The molecule has 1 aliphatic rings. The van der Waals surface area contributed by atoms with Gasteiger partial charge in [0.05, 0.1) is 0 Å². The van der Waals surface area contributed by atoms with Crippen molar-refractivity contribution in [3.05, 3.63) is 36.7 Å². The predicted octanol–water partition coefficient (Wildman–Crippen LogP) is 5.11. The van der Waals surface area contributed by atoms with Gasteiger partial charge in [-0.15, -0.1) is 0 Å². The zero-order valence-corrected chi connectivity index (χ0v) is 13.3. The van der Waals surface area contributed by atoms with Gasteiger partial charge < -0.3 is 5.32 Å². The summed E-state index contributed by atoms with van der Waals surface area (Å²) in [6.07, 6.45) is 7.84. The number of aromatic nitrogens is 1. The third-order valence-electron chi connectivity index (χ3n) is 5.04. The molecule has 1 N–H and O–H groups in total. The molecule has 3 rings (SSSR count). The van der Waals surface area contributed by atoms with Crippen LogP contribution in [-0.2, 0) is 0 Å². The molecule has 1 aromatic carbocycles. The highest BCUT2D eigenvalue weighted by Gasteiger charge is 2.30. The normalized spacial score (nSPS) is 26.2. The predicted molar refractivity (Wildman–Crippen MR) is 90.5 cm³/mol. The van der Waals surface area contributed by atoms with Crippen molar-refractivity contribution >= 4 is 16.5 Å². The molecule has 0 saturated heterocycles. The van der Waals surface area contributed by atoms with Crippen LogP contribution in [0.15, 0.2) is 36.7 Å². The van der Waals surface area contributed by atoms with Crippen LogP contribution in [-0.4, -0.2) is 11.0 Å². The van der Waals surface area contributed by atoms with Gasteiger partial charge in [0.2, 0.25) is 0 Å². The second-order valence-electron chi connectivity index (χ2n) is 6.98.